The summed E-state index contributed by atoms with van der Waals surface area (Å²) in [5.74, 6) is 0.834. The van der Waals surface area contributed by atoms with Crippen LogP contribution in [0, 0.1) is 5.92 Å². The van der Waals surface area contributed by atoms with Crippen LogP contribution in [0.2, 0.25) is 0 Å². The molecule has 1 aliphatic rings. The summed E-state index contributed by atoms with van der Waals surface area (Å²) in [4.78, 5) is 16.3. The summed E-state index contributed by atoms with van der Waals surface area (Å²) in [5, 5.41) is 13.2. The molecule has 8 heteroatoms. The second-order valence-electron chi connectivity index (χ2n) is 10.4. The van der Waals surface area contributed by atoms with Gasteiger partial charge in [0.2, 0.25) is 0 Å². The van der Waals surface area contributed by atoms with Crippen LogP contribution in [0.4, 0.5) is 4.79 Å². The predicted octanol–water partition coefficient (Wildman–Crippen LogP) is 7.24. The molecule has 4 unspecified atom stereocenters. The Kier molecular flexibility index (Phi) is 10.6. The number of hydrogen-bond donors (Lipinski definition) is 2. The first-order chi connectivity index (χ1) is 21.0. The van der Waals surface area contributed by atoms with E-state index in [0.717, 1.165) is 44.2 Å². The molecule has 3 aromatic carbocycles. The number of aliphatic hydroxyl groups is 1. The van der Waals surface area contributed by atoms with Gasteiger partial charge in [-0.1, -0.05) is 92.4 Å². The molecule has 1 fully saturated rings. The molecule has 1 aliphatic heterocycles. The van der Waals surface area contributed by atoms with Crippen LogP contribution in [0.15, 0.2) is 115 Å². The molecule has 2 N–H and O–H groups in total. The summed E-state index contributed by atoms with van der Waals surface area (Å²) in [5.41, 5.74) is 5.90. The van der Waals surface area contributed by atoms with Crippen LogP contribution in [0.3, 0.4) is 0 Å². The predicted molar refractivity (Wildman–Crippen MR) is 168 cm³/mol. The number of carbonyl (C=O) groups is 1. The fourth-order valence-electron chi connectivity index (χ4n) is 4.96. The first-order valence-corrected chi connectivity index (χ1v) is 15.3. The summed E-state index contributed by atoms with van der Waals surface area (Å²) < 4.78 is 18.2. The zero-order valence-electron chi connectivity index (χ0n) is 24.1. The topological polar surface area (TPSA) is 89.9 Å². The van der Waals surface area contributed by atoms with E-state index < -0.39 is 12.4 Å². The minimum atomic E-state index is -0.542. The highest BCUT2D eigenvalue weighted by molar-refractivity contribution is 7.99. The lowest BCUT2D eigenvalue weighted by Gasteiger charge is -2.41. The Labute approximate surface area is 256 Å². The van der Waals surface area contributed by atoms with Crippen LogP contribution in [0.25, 0.3) is 11.1 Å². The third-order valence-electron chi connectivity index (χ3n) is 7.37. The van der Waals surface area contributed by atoms with Crippen molar-refractivity contribution in [3.63, 3.8) is 0 Å². The third kappa shape index (κ3) is 8.12. The zero-order valence-corrected chi connectivity index (χ0v) is 24.9. The monoisotopic (exact) mass is 596 g/mol. The van der Waals surface area contributed by atoms with Gasteiger partial charge in [0.15, 0.2) is 6.29 Å². The molecule has 0 saturated carbocycles. The average Bonchev–Trinajstić information content (AvgIpc) is 3.06. The molecule has 222 valence electrons. The second kappa shape index (κ2) is 15.0. The van der Waals surface area contributed by atoms with Gasteiger partial charge in [-0.05, 0) is 46.0 Å². The lowest BCUT2D eigenvalue weighted by molar-refractivity contribution is -0.268. The summed E-state index contributed by atoms with van der Waals surface area (Å²) in [6.07, 6.45) is 2.06. The number of aromatic nitrogens is 1. The Morgan fingerprint density at radius 1 is 0.977 bits per heavy atom. The number of pyridine rings is 1. The van der Waals surface area contributed by atoms with Crippen molar-refractivity contribution in [3.8, 4) is 11.1 Å². The van der Waals surface area contributed by atoms with Crippen molar-refractivity contribution in [1.29, 1.82) is 0 Å². The minimum absolute atomic E-state index is 0.00444. The summed E-state index contributed by atoms with van der Waals surface area (Å²) in [6, 6.07) is 30.1. The maximum atomic E-state index is 11.8. The van der Waals surface area contributed by atoms with Crippen LogP contribution in [-0.4, -0.2) is 34.6 Å². The van der Waals surface area contributed by atoms with Gasteiger partial charge in [0.05, 0.1) is 23.8 Å². The lowest BCUT2D eigenvalue weighted by Crippen LogP contribution is -2.38. The van der Waals surface area contributed by atoms with Crippen LogP contribution in [0.1, 0.15) is 41.6 Å². The molecule has 2 heterocycles. The number of aliphatic hydroxyl groups excluding tert-OH is 1. The van der Waals surface area contributed by atoms with Gasteiger partial charge in [0.25, 0.3) is 0 Å². The summed E-state index contributed by atoms with van der Waals surface area (Å²) in [7, 11) is 0. The number of carbonyl (C=O) groups excluding carboxylic acids is 1. The van der Waals surface area contributed by atoms with Crippen LogP contribution in [0.5, 0.6) is 0 Å². The van der Waals surface area contributed by atoms with Gasteiger partial charge in [0, 0.05) is 30.0 Å². The van der Waals surface area contributed by atoms with Crippen molar-refractivity contribution in [3.05, 3.63) is 132 Å². The highest BCUT2D eigenvalue weighted by Crippen LogP contribution is 2.43. The number of amides is 1. The fraction of sp³-hybridized carbons (Fsp3) is 0.257. The average molecular weight is 597 g/mol. The number of hydrogen-bond acceptors (Lipinski definition) is 7. The maximum absolute atomic E-state index is 11.8. The molecule has 0 radical (unpaired) electrons. The number of benzene rings is 3. The first-order valence-electron chi connectivity index (χ1n) is 14.3. The Morgan fingerprint density at radius 3 is 2.49 bits per heavy atom. The number of nitrogens with one attached hydrogen (secondary N) is 1. The number of rotatable bonds is 11. The molecule has 43 heavy (non-hydrogen) atoms. The van der Waals surface area contributed by atoms with E-state index >= 15 is 0 Å². The second-order valence-corrected chi connectivity index (χ2v) is 11.4. The van der Waals surface area contributed by atoms with Crippen LogP contribution < -0.4 is 5.32 Å². The molecule has 0 aliphatic carbocycles. The SMILES string of the molecule is C=CCOC(=O)NCc1cccc(-c2ccc(C3OC(CSc4ccccn4)C(C)C(c4ccc(CO)cc4)O3)cc2)c1. The Bertz CT molecular complexity index is 1480. The Balaban J connectivity index is 1.32. The van der Waals surface area contributed by atoms with Crippen molar-refractivity contribution in [2.75, 3.05) is 12.4 Å². The fourth-order valence-corrected chi connectivity index (χ4v) is 5.99. The molecule has 0 spiro atoms. The molecular weight excluding hydrogens is 560 g/mol. The maximum Gasteiger partial charge on any atom is 0.407 e. The zero-order chi connectivity index (χ0) is 30.0. The highest BCUT2D eigenvalue weighted by atomic mass is 32.2. The first kappa shape index (κ1) is 30.5. The van der Waals surface area contributed by atoms with Gasteiger partial charge >= 0.3 is 6.09 Å². The quantitative estimate of drug-likeness (QED) is 0.139. The van der Waals surface area contributed by atoms with Crippen molar-refractivity contribution in [2.24, 2.45) is 5.92 Å². The molecule has 7 nitrogen and oxygen atoms in total. The van der Waals surface area contributed by atoms with Crippen molar-refractivity contribution >= 4 is 17.9 Å². The summed E-state index contributed by atoms with van der Waals surface area (Å²) in [6.45, 7) is 6.25. The number of alkyl carbamates (subject to hydrolysis) is 1. The number of nitrogens with zero attached hydrogens (tertiary/aromatic N) is 1. The van der Waals surface area contributed by atoms with E-state index in [4.69, 9.17) is 14.2 Å². The van der Waals surface area contributed by atoms with E-state index in [1.165, 1.54) is 6.08 Å². The lowest BCUT2D eigenvalue weighted by atomic mass is 9.91. The van der Waals surface area contributed by atoms with Crippen molar-refractivity contribution < 1.29 is 24.1 Å². The standard InChI is InChI=1S/C35H36N2O5S/c1-3-19-40-35(39)37-21-26-7-6-8-30(20-26)27-14-16-29(17-15-27)34-41-31(23-43-32-9-4-5-18-36-32)24(2)33(42-34)28-12-10-25(22-38)11-13-28/h3-18,20,24,31,33-34,38H,1,19,21-23H2,2H3,(H,37,39). The molecule has 1 aromatic heterocycles. The number of ether oxygens (including phenoxy) is 3. The van der Waals surface area contributed by atoms with Crippen molar-refractivity contribution in [2.45, 2.75) is 43.6 Å². The van der Waals surface area contributed by atoms with Crippen LogP contribution in [-0.2, 0) is 27.4 Å². The van der Waals surface area contributed by atoms with Crippen LogP contribution >= 0.6 is 11.8 Å². The van der Waals surface area contributed by atoms with E-state index in [9.17, 15) is 9.90 Å². The van der Waals surface area contributed by atoms with Gasteiger partial charge in [-0.2, -0.15) is 0 Å². The molecular formula is C35H36N2O5S. The molecule has 1 amide bonds. The highest BCUT2D eigenvalue weighted by Gasteiger charge is 2.38. The summed E-state index contributed by atoms with van der Waals surface area (Å²) >= 11 is 1.68. The van der Waals surface area contributed by atoms with E-state index in [0.29, 0.717) is 6.54 Å². The van der Waals surface area contributed by atoms with E-state index in [-0.39, 0.29) is 31.3 Å². The van der Waals surface area contributed by atoms with Gasteiger partial charge < -0.3 is 24.6 Å². The molecule has 5 rings (SSSR count). The smallest absolute Gasteiger partial charge is 0.407 e. The van der Waals surface area contributed by atoms with E-state index in [2.05, 4.69) is 42.0 Å². The molecule has 0 bridgehead atoms. The van der Waals surface area contributed by atoms with Gasteiger partial charge in [-0.25, -0.2) is 9.78 Å². The largest absolute Gasteiger partial charge is 0.445 e. The number of thioether (sulfide) groups is 1. The van der Waals surface area contributed by atoms with Crippen molar-refractivity contribution in [1.82, 2.24) is 10.3 Å². The molecule has 4 atom stereocenters. The van der Waals surface area contributed by atoms with Gasteiger partial charge in [-0.3, -0.25) is 0 Å². The normalized spacial score (nSPS) is 19.9. The molecule has 4 aromatic rings. The minimum Gasteiger partial charge on any atom is -0.445 e. The Hall–Kier alpha value is -3.95. The molecule has 1 saturated heterocycles. The Morgan fingerprint density at radius 2 is 1.77 bits per heavy atom. The van der Waals surface area contributed by atoms with Gasteiger partial charge in [-0.15, -0.1) is 11.8 Å². The van der Waals surface area contributed by atoms with E-state index in [1.54, 1.807) is 18.0 Å². The van der Waals surface area contributed by atoms with E-state index in [1.807, 2.05) is 72.8 Å². The third-order valence-corrected chi connectivity index (χ3v) is 8.40. The van der Waals surface area contributed by atoms with Gasteiger partial charge in [0.1, 0.15) is 6.61 Å².